The van der Waals surface area contributed by atoms with Crippen molar-refractivity contribution in [3.8, 4) is 0 Å². The van der Waals surface area contributed by atoms with Crippen LogP contribution in [-0.4, -0.2) is 24.9 Å². The highest BCUT2D eigenvalue weighted by molar-refractivity contribution is 7.99. The molecule has 0 fully saturated rings. The van der Waals surface area contributed by atoms with Crippen LogP contribution < -0.4 is 5.73 Å². The van der Waals surface area contributed by atoms with E-state index in [1.807, 2.05) is 12.1 Å². The molecule has 3 nitrogen and oxygen atoms in total. The number of methoxy groups -OCH3 is 1. The summed E-state index contributed by atoms with van der Waals surface area (Å²) in [6.45, 7) is 4.20. The van der Waals surface area contributed by atoms with Gasteiger partial charge in [-0.05, 0) is 24.5 Å². The summed E-state index contributed by atoms with van der Waals surface area (Å²) in [7, 11) is 1.42. The number of hydrogen-bond donors (Lipinski definition) is 1. The molecule has 1 aromatic rings. The van der Waals surface area contributed by atoms with Gasteiger partial charge in [0, 0.05) is 17.0 Å². The molecule has 0 saturated carbocycles. The lowest BCUT2D eigenvalue weighted by Crippen LogP contribution is -2.26. The van der Waals surface area contributed by atoms with Crippen LogP contribution in [0.2, 0.25) is 0 Å². The number of carbonyl (C=O) groups excluding carboxylic acids is 1. The third-order valence-electron chi connectivity index (χ3n) is 3.19. The number of benzene rings is 1. The molecule has 2 N–H and O–H groups in total. The van der Waals surface area contributed by atoms with Crippen LogP contribution in [0.25, 0.3) is 0 Å². The van der Waals surface area contributed by atoms with Crippen molar-refractivity contribution < 1.29 is 9.53 Å². The van der Waals surface area contributed by atoms with Gasteiger partial charge in [-0.25, -0.2) is 0 Å². The van der Waals surface area contributed by atoms with E-state index in [1.54, 1.807) is 11.8 Å². The molecule has 0 saturated heterocycles. The fraction of sp³-hybridized carbons (Fsp3) is 0.533. The van der Waals surface area contributed by atoms with E-state index in [0.717, 1.165) is 12.2 Å². The Kier molecular flexibility index (Phi) is 6.95. The van der Waals surface area contributed by atoms with E-state index in [4.69, 9.17) is 5.73 Å². The lowest BCUT2D eigenvalue weighted by Gasteiger charge is -2.24. The van der Waals surface area contributed by atoms with Gasteiger partial charge in [0.25, 0.3) is 0 Å². The second-order valence-corrected chi connectivity index (χ2v) is 5.80. The molecule has 0 bridgehead atoms. The Morgan fingerprint density at radius 2 is 2.11 bits per heavy atom. The predicted molar refractivity (Wildman–Crippen MR) is 81.3 cm³/mol. The van der Waals surface area contributed by atoms with Crippen LogP contribution in [0.5, 0.6) is 0 Å². The Morgan fingerprint density at radius 3 is 2.68 bits per heavy atom. The van der Waals surface area contributed by atoms with E-state index >= 15 is 0 Å². The van der Waals surface area contributed by atoms with Gasteiger partial charge >= 0.3 is 5.97 Å². The molecule has 2 unspecified atom stereocenters. The van der Waals surface area contributed by atoms with E-state index in [0.29, 0.717) is 6.42 Å². The Morgan fingerprint density at radius 1 is 1.42 bits per heavy atom. The van der Waals surface area contributed by atoms with Gasteiger partial charge in [-0.1, -0.05) is 31.2 Å². The van der Waals surface area contributed by atoms with Crippen molar-refractivity contribution in [1.82, 2.24) is 0 Å². The molecule has 0 aliphatic rings. The van der Waals surface area contributed by atoms with Gasteiger partial charge in [0.15, 0.2) is 0 Å². The normalized spacial score (nSPS) is 13.9. The molecule has 0 spiro atoms. The van der Waals surface area contributed by atoms with Crippen LogP contribution in [0.4, 0.5) is 0 Å². The average molecular weight is 281 g/mol. The molecule has 4 heteroatoms. The van der Waals surface area contributed by atoms with Crippen LogP contribution in [0, 0.1) is 6.92 Å². The number of esters is 1. The van der Waals surface area contributed by atoms with E-state index in [2.05, 4.69) is 30.7 Å². The molecule has 0 aliphatic carbocycles. The van der Waals surface area contributed by atoms with Gasteiger partial charge in [-0.3, -0.25) is 4.79 Å². The maximum absolute atomic E-state index is 11.2. The first kappa shape index (κ1) is 16.1. The second kappa shape index (κ2) is 8.23. The monoisotopic (exact) mass is 281 g/mol. The number of nitrogens with two attached hydrogens (primary N) is 1. The number of rotatable bonds is 7. The van der Waals surface area contributed by atoms with Crippen molar-refractivity contribution in [3.05, 3.63) is 35.4 Å². The Labute approximate surface area is 119 Å². The van der Waals surface area contributed by atoms with Crippen LogP contribution >= 0.6 is 11.8 Å². The molecule has 19 heavy (non-hydrogen) atoms. The van der Waals surface area contributed by atoms with Crippen molar-refractivity contribution in [3.63, 3.8) is 0 Å². The summed E-state index contributed by atoms with van der Waals surface area (Å²) in [5.41, 5.74) is 8.75. The first-order chi connectivity index (χ1) is 9.10. The Hall–Kier alpha value is -1.00. The lowest BCUT2D eigenvalue weighted by molar-refractivity contribution is -0.140. The zero-order chi connectivity index (χ0) is 14.3. The van der Waals surface area contributed by atoms with Crippen LogP contribution in [0.3, 0.4) is 0 Å². The van der Waals surface area contributed by atoms with Crippen LogP contribution in [-0.2, 0) is 9.53 Å². The summed E-state index contributed by atoms with van der Waals surface area (Å²) >= 11 is 1.74. The fourth-order valence-corrected chi connectivity index (χ4v) is 3.36. The van der Waals surface area contributed by atoms with E-state index in [9.17, 15) is 4.79 Å². The second-order valence-electron chi connectivity index (χ2n) is 4.55. The van der Waals surface area contributed by atoms with Gasteiger partial charge in [0.05, 0.1) is 13.5 Å². The molecular weight excluding hydrogens is 258 g/mol. The topological polar surface area (TPSA) is 52.3 Å². The summed E-state index contributed by atoms with van der Waals surface area (Å²) in [5.74, 6) is 0.570. The number of thioether (sulfide) groups is 1. The van der Waals surface area contributed by atoms with Crippen molar-refractivity contribution >= 4 is 17.7 Å². The molecule has 1 rings (SSSR count). The van der Waals surface area contributed by atoms with E-state index in [1.165, 1.54) is 18.2 Å². The van der Waals surface area contributed by atoms with Crippen molar-refractivity contribution in [2.45, 2.75) is 38.0 Å². The smallest absolute Gasteiger partial charge is 0.306 e. The molecule has 0 aromatic heterocycles. The Bertz CT molecular complexity index is 409. The van der Waals surface area contributed by atoms with Crippen LogP contribution in [0.1, 0.15) is 36.1 Å². The van der Waals surface area contributed by atoms with Gasteiger partial charge in [0.2, 0.25) is 0 Å². The molecule has 2 atom stereocenters. The van der Waals surface area contributed by atoms with Gasteiger partial charge in [0.1, 0.15) is 0 Å². The van der Waals surface area contributed by atoms with Crippen LogP contribution in [0.15, 0.2) is 24.3 Å². The van der Waals surface area contributed by atoms with E-state index in [-0.39, 0.29) is 17.3 Å². The highest BCUT2D eigenvalue weighted by Gasteiger charge is 2.20. The quantitative estimate of drug-likeness (QED) is 0.780. The summed E-state index contributed by atoms with van der Waals surface area (Å²) < 4.78 is 4.66. The number of ether oxygens (including phenoxy) is 1. The largest absolute Gasteiger partial charge is 0.469 e. The lowest BCUT2D eigenvalue weighted by atomic mass is 10.00. The fourth-order valence-electron chi connectivity index (χ4n) is 1.94. The third kappa shape index (κ3) is 4.88. The van der Waals surface area contributed by atoms with Gasteiger partial charge in [-0.15, -0.1) is 0 Å². The summed E-state index contributed by atoms with van der Waals surface area (Å²) in [6.07, 6.45) is 1.35. The maximum Gasteiger partial charge on any atom is 0.306 e. The first-order valence-corrected chi connectivity index (χ1v) is 7.64. The minimum atomic E-state index is -0.166. The summed E-state index contributed by atoms with van der Waals surface area (Å²) in [5, 5.41) is 0.232. The number of carbonyl (C=O) groups is 1. The molecule has 0 heterocycles. The first-order valence-electron chi connectivity index (χ1n) is 6.59. The SMILES string of the molecule is CCC(N)C(SCCC(=O)OC)c1ccccc1C. The molecule has 0 aliphatic heterocycles. The molecule has 0 amide bonds. The summed E-state index contributed by atoms with van der Waals surface area (Å²) in [6, 6.07) is 8.40. The Balaban J connectivity index is 2.73. The molecule has 106 valence electrons. The van der Waals surface area contributed by atoms with Crippen molar-refractivity contribution in [2.24, 2.45) is 5.73 Å². The highest BCUT2D eigenvalue weighted by atomic mass is 32.2. The van der Waals surface area contributed by atoms with Gasteiger partial charge < -0.3 is 10.5 Å². The minimum absolute atomic E-state index is 0.101. The standard InChI is InChI=1S/C15H23NO2S/c1-4-13(16)15(19-10-9-14(17)18-3)12-8-6-5-7-11(12)2/h5-8,13,15H,4,9-10,16H2,1-3H3. The average Bonchev–Trinajstić information content (AvgIpc) is 2.43. The zero-order valence-corrected chi connectivity index (χ0v) is 12.7. The highest BCUT2D eigenvalue weighted by Crippen LogP contribution is 2.34. The number of hydrogen-bond acceptors (Lipinski definition) is 4. The minimum Gasteiger partial charge on any atom is -0.469 e. The van der Waals surface area contributed by atoms with Crippen molar-refractivity contribution in [1.29, 1.82) is 0 Å². The maximum atomic E-state index is 11.2. The number of aryl methyl sites for hydroxylation is 1. The molecule has 0 radical (unpaired) electrons. The summed E-state index contributed by atoms with van der Waals surface area (Å²) in [4.78, 5) is 11.2. The van der Waals surface area contributed by atoms with Gasteiger partial charge in [-0.2, -0.15) is 11.8 Å². The zero-order valence-electron chi connectivity index (χ0n) is 11.9. The third-order valence-corrected chi connectivity index (χ3v) is 4.59. The van der Waals surface area contributed by atoms with E-state index < -0.39 is 0 Å². The predicted octanol–water partition coefficient (Wildman–Crippen LogP) is 3.07. The molecule has 1 aromatic carbocycles. The molecular formula is C15H23NO2S. The van der Waals surface area contributed by atoms with Crippen molar-refractivity contribution in [2.75, 3.05) is 12.9 Å².